The summed E-state index contributed by atoms with van der Waals surface area (Å²) in [5.41, 5.74) is 3.15. The Labute approximate surface area is 127 Å². The number of halogens is 1. The van der Waals surface area contributed by atoms with Crippen LogP contribution in [0.5, 0.6) is 5.75 Å². The highest BCUT2D eigenvalue weighted by Crippen LogP contribution is 2.45. The Morgan fingerprint density at radius 2 is 2.14 bits per heavy atom. The highest BCUT2D eigenvalue weighted by atomic mass is 19.1. The van der Waals surface area contributed by atoms with Crippen molar-refractivity contribution in [2.24, 2.45) is 0 Å². The van der Waals surface area contributed by atoms with Gasteiger partial charge in [0.05, 0.1) is 12.0 Å². The van der Waals surface area contributed by atoms with Gasteiger partial charge in [-0.2, -0.15) is 0 Å². The number of aliphatic hydroxyl groups excluding tert-OH is 1. The molecule has 3 nitrogen and oxygen atoms in total. The maximum Gasteiger partial charge on any atom is 0.133 e. The van der Waals surface area contributed by atoms with Crippen molar-refractivity contribution in [2.45, 2.75) is 18.7 Å². The molecule has 0 radical (unpaired) electrons. The zero-order valence-electron chi connectivity index (χ0n) is 11.7. The van der Waals surface area contributed by atoms with Crippen molar-refractivity contribution in [3.05, 3.63) is 71.3 Å². The van der Waals surface area contributed by atoms with Gasteiger partial charge in [-0.1, -0.05) is 24.3 Å². The summed E-state index contributed by atoms with van der Waals surface area (Å²) in [5.74, 6) is 0.560. The maximum absolute atomic E-state index is 14.1. The molecule has 2 unspecified atom stereocenters. The third-order valence-electron chi connectivity index (χ3n) is 4.09. The number of fused-ring (bicyclic) bond motifs is 3. The van der Waals surface area contributed by atoms with Crippen LogP contribution in [0.25, 0.3) is 11.6 Å². The Balaban J connectivity index is 1.85. The molecule has 2 aromatic rings. The summed E-state index contributed by atoms with van der Waals surface area (Å²) < 4.78 is 19.7. The molecule has 1 aromatic heterocycles. The minimum atomic E-state index is -1.04. The predicted molar refractivity (Wildman–Crippen MR) is 81.7 cm³/mol. The first-order valence-electron chi connectivity index (χ1n) is 7.19. The van der Waals surface area contributed by atoms with Crippen molar-refractivity contribution < 1.29 is 14.2 Å². The molecular formula is C18H14FNO2. The summed E-state index contributed by atoms with van der Waals surface area (Å²) in [6.07, 6.45) is 5.27. The van der Waals surface area contributed by atoms with E-state index in [1.54, 1.807) is 24.4 Å². The lowest BCUT2D eigenvalue weighted by atomic mass is 9.86. The molecule has 110 valence electrons. The molecular weight excluding hydrogens is 281 g/mol. The molecule has 2 atom stereocenters. The molecule has 1 aromatic carbocycles. The summed E-state index contributed by atoms with van der Waals surface area (Å²) in [6, 6.07) is 8.92. The number of pyridine rings is 1. The van der Waals surface area contributed by atoms with Gasteiger partial charge in [0.15, 0.2) is 0 Å². The van der Waals surface area contributed by atoms with Gasteiger partial charge in [-0.15, -0.1) is 0 Å². The van der Waals surface area contributed by atoms with Crippen LogP contribution in [-0.2, 0) is 0 Å². The van der Waals surface area contributed by atoms with E-state index < -0.39 is 12.3 Å². The SMILES string of the molecule is OC1C(c2ccccn2)=COc2ccc3c(c21)C=CCC3F. The standard InChI is InChI=1S/C18H14FNO2/c19-14-5-3-4-12-11(14)7-8-16-17(12)18(21)13(10-22-16)15-6-1-2-9-20-15/h1-4,6-10,14,18,21H,5H2. The molecule has 0 fully saturated rings. The van der Waals surface area contributed by atoms with E-state index in [2.05, 4.69) is 4.98 Å². The fourth-order valence-corrected chi connectivity index (χ4v) is 2.99. The third kappa shape index (κ3) is 1.96. The minimum Gasteiger partial charge on any atom is -0.464 e. The van der Waals surface area contributed by atoms with E-state index in [1.807, 2.05) is 24.3 Å². The highest BCUT2D eigenvalue weighted by Gasteiger charge is 2.30. The van der Waals surface area contributed by atoms with Gasteiger partial charge in [-0.25, -0.2) is 4.39 Å². The molecule has 0 amide bonds. The van der Waals surface area contributed by atoms with E-state index in [1.165, 1.54) is 6.26 Å². The highest BCUT2D eigenvalue weighted by molar-refractivity contribution is 5.75. The van der Waals surface area contributed by atoms with Crippen molar-refractivity contribution in [3.8, 4) is 5.75 Å². The molecule has 4 rings (SSSR count). The van der Waals surface area contributed by atoms with E-state index in [0.29, 0.717) is 40.1 Å². The summed E-state index contributed by atoms with van der Waals surface area (Å²) in [4.78, 5) is 4.25. The Bertz CT molecular complexity index is 783. The first-order valence-corrected chi connectivity index (χ1v) is 7.19. The van der Waals surface area contributed by atoms with Crippen LogP contribution in [0.15, 0.2) is 48.9 Å². The molecule has 22 heavy (non-hydrogen) atoms. The third-order valence-corrected chi connectivity index (χ3v) is 4.09. The van der Waals surface area contributed by atoms with Crippen molar-refractivity contribution >= 4 is 11.6 Å². The average Bonchev–Trinajstić information content (AvgIpc) is 2.56. The molecule has 0 bridgehead atoms. The largest absolute Gasteiger partial charge is 0.464 e. The number of hydrogen-bond acceptors (Lipinski definition) is 3. The van der Waals surface area contributed by atoms with E-state index in [-0.39, 0.29) is 0 Å². The molecule has 1 aliphatic carbocycles. The van der Waals surface area contributed by atoms with Crippen molar-refractivity contribution in [1.82, 2.24) is 4.98 Å². The number of benzene rings is 1. The number of rotatable bonds is 1. The van der Waals surface area contributed by atoms with Gasteiger partial charge in [0.25, 0.3) is 0 Å². The second-order valence-electron chi connectivity index (χ2n) is 5.39. The van der Waals surface area contributed by atoms with Crippen LogP contribution in [0.3, 0.4) is 0 Å². The van der Waals surface area contributed by atoms with Crippen molar-refractivity contribution in [1.29, 1.82) is 0 Å². The van der Waals surface area contributed by atoms with E-state index in [0.717, 1.165) is 0 Å². The molecule has 4 heteroatoms. The van der Waals surface area contributed by atoms with Crippen molar-refractivity contribution in [2.75, 3.05) is 0 Å². The number of hydrogen-bond donors (Lipinski definition) is 1. The summed E-state index contributed by atoms with van der Waals surface area (Å²) in [5, 5.41) is 10.8. The number of allylic oxidation sites excluding steroid dienone is 1. The summed E-state index contributed by atoms with van der Waals surface area (Å²) in [6.45, 7) is 0. The Morgan fingerprint density at radius 1 is 1.23 bits per heavy atom. The number of aromatic nitrogens is 1. The Morgan fingerprint density at radius 3 is 2.95 bits per heavy atom. The van der Waals surface area contributed by atoms with Crippen LogP contribution in [0.1, 0.15) is 41.1 Å². The van der Waals surface area contributed by atoms with Gasteiger partial charge < -0.3 is 9.84 Å². The van der Waals surface area contributed by atoms with E-state index in [9.17, 15) is 9.50 Å². The lowest BCUT2D eigenvalue weighted by molar-refractivity contribution is 0.222. The quantitative estimate of drug-likeness (QED) is 0.865. The molecule has 1 aliphatic heterocycles. The van der Waals surface area contributed by atoms with Gasteiger partial charge in [-0.05, 0) is 29.3 Å². The average molecular weight is 295 g/mol. The Hall–Kier alpha value is -2.46. The topological polar surface area (TPSA) is 42.4 Å². The normalized spacial score (nSPS) is 22.4. The molecule has 0 saturated heterocycles. The number of aliphatic hydroxyl groups is 1. The smallest absolute Gasteiger partial charge is 0.133 e. The lowest BCUT2D eigenvalue weighted by Gasteiger charge is -2.27. The Kier molecular flexibility index (Phi) is 3.05. The van der Waals surface area contributed by atoms with E-state index in [4.69, 9.17) is 4.74 Å². The number of nitrogens with zero attached hydrogens (tertiary/aromatic N) is 1. The molecule has 2 heterocycles. The molecule has 0 spiro atoms. The van der Waals surface area contributed by atoms with Gasteiger partial charge in [0, 0.05) is 23.8 Å². The molecule has 2 aliphatic rings. The first-order chi connectivity index (χ1) is 10.8. The van der Waals surface area contributed by atoms with Crippen LogP contribution in [0.2, 0.25) is 0 Å². The van der Waals surface area contributed by atoms with Crippen LogP contribution < -0.4 is 4.74 Å². The zero-order chi connectivity index (χ0) is 15.1. The fourth-order valence-electron chi connectivity index (χ4n) is 2.99. The van der Waals surface area contributed by atoms with E-state index >= 15 is 0 Å². The number of ether oxygens (including phenoxy) is 1. The number of alkyl halides is 1. The molecule has 0 saturated carbocycles. The van der Waals surface area contributed by atoms with Gasteiger partial charge in [0.1, 0.15) is 18.0 Å². The van der Waals surface area contributed by atoms with Crippen LogP contribution in [0.4, 0.5) is 4.39 Å². The zero-order valence-corrected chi connectivity index (χ0v) is 11.7. The first kappa shape index (κ1) is 13.2. The van der Waals surface area contributed by atoms with Crippen molar-refractivity contribution in [3.63, 3.8) is 0 Å². The predicted octanol–water partition coefficient (Wildman–Crippen LogP) is 3.98. The van der Waals surface area contributed by atoms with Crippen LogP contribution >= 0.6 is 0 Å². The second-order valence-corrected chi connectivity index (χ2v) is 5.39. The van der Waals surface area contributed by atoms with Gasteiger partial charge in [0.2, 0.25) is 0 Å². The second kappa shape index (κ2) is 5.07. The lowest BCUT2D eigenvalue weighted by Crippen LogP contribution is -2.14. The van der Waals surface area contributed by atoms with Crippen LogP contribution in [-0.4, -0.2) is 10.1 Å². The fraction of sp³-hybridized carbons (Fsp3) is 0.167. The summed E-state index contributed by atoms with van der Waals surface area (Å²) in [7, 11) is 0. The summed E-state index contributed by atoms with van der Waals surface area (Å²) >= 11 is 0. The monoisotopic (exact) mass is 295 g/mol. The maximum atomic E-state index is 14.1. The molecule has 1 N–H and O–H groups in total. The minimum absolute atomic E-state index is 0.367. The van der Waals surface area contributed by atoms with Gasteiger partial charge >= 0.3 is 0 Å². The van der Waals surface area contributed by atoms with Gasteiger partial charge in [-0.3, -0.25) is 4.98 Å². The van der Waals surface area contributed by atoms with Crippen LogP contribution in [0, 0.1) is 0 Å².